The van der Waals surface area contributed by atoms with Crippen LogP contribution < -0.4 is 5.32 Å². The molecule has 1 heteroatoms. The van der Waals surface area contributed by atoms with Gasteiger partial charge in [0, 0.05) is 11.1 Å². The fraction of sp³-hybridized carbons (Fsp3) is 1.00. The maximum Gasteiger partial charge on any atom is 0.0161 e. The lowest BCUT2D eigenvalue weighted by molar-refractivity contribution is 0.182. The second-order valence-electron chi connectivity index (χ2n) is 6.99. The van der Waals surface area contributed by atoms with Crippen molar-refractivity contribution >= 4 is 0 Å². The lowest BCUT2D eigenvalue weighted by Gasteiger charge is -2.40. The van der Waals surface area contributed by atoms with Crippen molar-refractivity contribution in [1.29, 1.82) is 0 Å². The van der Waals surface area contributed by atoms with Crippen molar-refractivity contribution in [1.82, 2.24) is 5.32 Å². The van der Waals surface area contributed by atoms with Crippen LogP contribution in [0.25, 0.3) is 0 Å². The van der Waals surface area contributed by atoms with Gasteiger partial charge in [0.1, 0.15) is 0 Å². The molecule has 0 aromatic heterocycles. The minimum absolute atomic E-state index is 0.479. The van der Waals surface area contributed by atoms with Crippen LogP contribution in [0.15, 0.2) is 0 Å². The predicted octanol–water partition coefficient (Wildman–Crippen LogP) is 3.98. The maximum absolute atomic E-state index is 3.77. The molecule has 0 aliphatic carbocycles. The first-order valence-corrected chi connectivity index (χ1v) is 6.54. The monoisotopic (exact) mass is 211 g/mol. The van der Waals surface area contributed by atoms with E-state index in [1.165, 1.54) is 25.7 Å². The number of nitrogens with one attached hydrogen (secondary N) is 1. The fourth-order valence-corrected chi connectivity index (χ4v) is 3.32. The molecule has 0 radical (unpaired) electrons. The van der Waals surface area contributed by atoms with E-state index in [1.54, 1.807) is 0 Å². The molecule has 0 spiro atoms. The molecule has 2 atom stereocenters. The van der Waals surface area contributed by atoms with E-state index in [0.29, 0.717) is 11.1 Å². The third kappa shape index (κ3) is 3.79. The number of fused-ring (bicyclic) bond motifs is 2. The summed E-state index contributed by atoms with van der Waals surface area (Å²) in [7, 11) is 0. The Hall–Kier alpha value is -0.0400. The Labute approximate surface area is 96.0 Å². The lowest BCUT2D eigenvalue weighted by Crippen LogP contribution is -2.53. The third-order valence-electron chi connectivity index (χ3n) is 3.43. The highest BCUT2D eigenvalue weighted by molar-refractivity contribution is 5.07. The van der Waals surface area contributed by atoms with Crippen molar-refractivity contribution in [2.75, 3.05) is 0 Å². The van der Waals surface area contributed by atoms with Crippen LogP contribution in [0.5, 0.6) is 0 Å². The molecule has 2 rings (SSSR count). The summed E-state index contributed by atoms with van der Waals surface area (Å²) in [6.07, 6.45) is 5.52. The molecule has 2 bridgehead atoms. The van der Waals surface area contributed by atoms with E-state index in [2.05, 4.69) is 46.9 Å². The molecule has 2 aliphatic rings. The molecule has 2 fully saturated rings. The molecule has 0 amide bonds. The Morgan fingerprint density at radius 2 is 1.33 bits per heavy atom. The highest BCUT2D eigenvalue weighted by atomic mass is 15.1. The van der Waals surface area contributed by atoms with Crippen molar-refractivity contribution in [2.45, 2.75) is 78.3 Å². The van der Waals surface area contributed by atoms with Gasteiger partial charge in [-0.15, -0.1) is 0 Å². The van der Waals surface area contributed by atoms with E-state index < -0.39 is 0 Å². The summed E-state index contributed by atoms with van der Waals surface area (Å²) in [5.74, 6) is 1.76. The normalized spacial score (nSPS) is 43.8. The van der Waals surface area contributed by atoms with Crippen molar-refractivity contribution in [3.8, 4) is 0 Å². The average Bonchev–Trinajstić information content (AvgIpc) is 2.18. The van der Waals surface area contributed by atoms with Crippen LogP contribution in [0, 0.1) is 11.8 Å². The summed E-state index contributed by atoms with van der Waals surface area (Å²) in [6.45, 7) is 13.7. The summed E-state index contributed by atoms with van der Waals surface area (Å²) >= 11 is 0. The topological polar surface area (TPSA) is 12.0 Å². The largest absolute Gasteiger partial charge is 0.306 e. The summed E-state index contributed by atoms with van der Waals surface area (Å²) in [4.78, 5) is 0. The number of hydrogen-bond donors (Lipinski definition) is 1. The fourth-order valence-electron chi connectivity index (χ4n) is 3.32. The molecular formula is C14H29N. The highest BCUT2D eigenvalue weighted by Crippen LogP contribution is 2.44. The second-order valence-corrected chi connectivity index (χ2v) is 6.99. The number of piperidine rings is 1. The number of rotatable bonds is 0. The van der Waals surface area contributed by atoms with E-state index >= 15 is 0 Å². The summed E-state index contributed by atoms with van der Waals surface area (Å²) < 4.78 is 0. The Morgan fingerprint density at radius 3 is 1.67 bits per heavy atom. The van der Waals surface area contributed by atoms with Gasteiger partial charge in [-0.1, -0.05) is 27.7 Å². The van der Waals surface area contributed by atoms with Crippen LogP contribution >= 0.6 is 0 Å². The molecule has 2 saturated heterocycles. The molecular weight excluding hydrogens is 182 g/mol. The Kier molecular flexibility index (Phi) is 3.86. The first-order chi connectivity index (χ1) is 6.75. The molecule has 2 aliphatic heterocycles. The quantitative estimate of drug-likeness (QED) is 0.639. The van der Waals surface area contributed by atoms with Crippen LogP contribution in [0.1, 0.15) is 67.2 Å². The Balaban J connectivity index is 0.000000245. The summed E-state index contributed by atoms with van der Waals surface area (Å²) in [5.41, 5.74) is 0.957. The zero-order valence-corrected chi connectivity index (χ0v) is 11.5. The molecule has 0 aromatic carbocycles. The Bertz CT molecular complexity index is 191. The minimum atomic E-state index is 0.479. The van der Waals surface area contributed by atoms with Gasteiger partial charge in [0.25, 0.3) is 0 Å². The minimum Gasteiger partial charge on any atom is -0.306 e. The van der Waals surface area contributed by atoms with E-state index in [9.17, 15) is 0 Å². The van der Waals surface area contributed by atoms with Crippen molar-refractivity contribution < 1.29 is 0 Å². The van der Waals surface area contributed by atoms with E-state index in [4.69, 9.17) is 0 Å². The second kappa shape index (κ2) is 4.45. The van der Waals surface area contributed by atoms with Crippen molar-refractivity contribution in [2.24, 2.45) is 11.8 Å². The Morgan fingerprint density at radius 1 is 1.00 bits per heavy atom. The van der Waals surface area contributed by atoms with Gasteiger partial charge in [0.15, 0.2) is 0 Å². The van der Waals surface area contributed by atoms with Gasteiger partial charge in [0.2, 0.25) is 0 Å². The maximum atomic E-state index is 3.77. The smallest absolute Gasteiger partial charge is 0.0161 e. The zero-order valence-electron chi connectivity index (χ0n) is 11.5. The van der Waals surface area contributed by atoms with Gasteiger partial charge >= 0.3 is 0 Å². The van der Waals surface area contributed by atoms with E-state index in [0.717, 1.165) is 11.8 Å². The SMILES string of the molecule is CC(C)C.CC1CC2(C)CCC(C)(C1)N2. The van der Waals surface area contributed by atoms with Crippen molar-refractivity contribution in [3.63, 3.8) is 0 Å². The van der Waals surface area contributed by atoms with Gasteiger partial charge in [-0.05, 0) is 51.4 Å². The molecule has 15 heavy (non-hydrogen) atoms. The van der Waals surface area contributed by atoms with Gasteiger partial charge in [-0.2, -0.15) is 0 Å². The molecule has 1 nitrogen and oxygen atoms in total. The molecule has 90 valence electrons. The summed E-state index contributed by atoms with van der Waals surface area (Å²) in [6, 6.07) is 0. The highest BCUT2D eigenvalue weighted by Gasteiger charge is 2.46. The standard InChI is InChI=1S/C10H19N.C4H10/c1-8-6-9(2)4-5-10(3,7-8)11-9;1-4(2)3/h8,11H,4-7H2,1-3H3;4H,1-3H3. The van der Waals surface area contributed by atoms with Crippen LogP contribution in [-0.2, 0) is 0 Å². The van der Waals surface area contributed by atoms with Crippen LogP contribution in [-0.4, -0.2) is 11.1 Å². The average molecular weight is 211 g/mol. The van der Waals surface area contributed by atoms with E-state index in [1.807, 2.05) is 0 Å². The molecule has 2 unspecified atom stereocenters. The predicted molar refractivity (Wildman–Crippen MR) is 68.1 cm³/mol. The van der Waals surface area contributed by atoms with Crippen molar-refractivity contribution in [3.05, 3.63) is 0 Å². The molecule has 1 N–H and O–H groups in total. The van der Waals surface area contributed by atoms with Gasteiger partial charge in [0.05, 0.1) is 0 Å². The van der Waals surface area contributed by atoms with Gasteiger partial charge < -0.3 is 5.32 Å². The van der Waals surface area contributed by atoms with Crippen LogP contribution in [0.3, 0.4) is 0 Å². The van der Waals surface area contributed by atoms with Crippen LogP contribution in [0.4, 0.5) is 0 Å². The summed E-state index contributed by atoms with van der Waals surface area (Å²) in [5, 5.41) is 3.77. The van der Waals surface area contributed by atoms with E-state index in [-0.39, 0.29) is 0 Å². The first-order valence-electron chi connectivity index (χ1n) is 6.54. The van der Waals surface area contributed by atoms with Crippen LogP contribution in [0.2, 0.25) is 0 Å². The van der Waals surface area contributed by atoms with Gasteiger partial charge in [-0.25, -0.2) is 0 Å². The first kappa shape index (κ1) is 13.0. The zero-order chi connectivity index (χ0) is 11.7. The number of hydrogen-bond acceptors (Lipinski definition) is 1. The van der Waals surface area contributed by atoms with Gasteiger partial charge in [-0.3, -0.25) is 0 Å². The molecule has 0 aromatic rings. The third-order valence-corrected chi connectivity index (χ3v) is 3.43. The molecule has 2 heterocycles. The molecule has 0 saturated carbocycles. The lowest BCUT2D eigenvalue weighted by atomic mass is 9.82.